The van der Waals surface area contributed by atoms with Crippen LogP contribution in [0.15, 0.2) is 212 Å². The van der Waals surface area contributed by atoms with Crippen molar-refractivity contribution in [3.8, 4) is 22.8 Å². The van der Waals surface area contributed by atoms with E-state index in [9.17, 15) is 0 Å². The van der Waals surface area contributed by atoms with Crippen molar-refractivity contribution in [1.29, 1.82) is 0 Å². The molecule has 65 heavy (non-hydrogen) atoms. The third-order valence-electron chi connectivity index (χ3n) is 9.97. The average molecular weight is 981 g/mol. The molecule has 0 aliphatic rings. The minimum Gasteiger partial charge on any atom is -0.573 e. The summed E-state index contributed by atoms with van der Waals surface area (Å²) in [5, 5.41) is 37.5. The summed E-state index contributed by atoms with van der Waals surface area (Å²) in [6, 6.07) is 74.5. The van der Waals surface area contributed by atoms with E-state index >= 15 is 0 Å². The van der Waals surface area contributed by atoms with Crippen molar-refractivity contribution in [2.75, 3.05) is 0 Å². The molecule has 9 rings (SSSR count). The van der Waals surface area contributed by atoms with E-state index in [0.717, 1.165) is 34.2 Å². The predicted octanol–water partition coefficient (Wildman–Crippen LogP) is 10.6. The Bertz CT molecular complexity index is 2330. The van der Waals surface area contributed by atoms with Crippen LogP contribution in [-0.4, -0.2) is 25.7 Å². The van der Waals surface area contributed by atoms with Crippen molar-refractivity contribution >= 4 is 47.7 Å². The second-order valence-electron chi connectivity index (χ2n) is 16.8. The number of hydrogen-bond donors (Lipinski definition) is 2. The Morgan fingerprint density at radius 1 is 0.354 bits per heavy atom. The van der Waals surface area contributed by atoms with Gasteiger partial charge in [0.25, 0.3) is 0 Å². The van der Waals surface area contributed by atoms with E-state index in [0.29, 0.717) is 0 Å². The van der Waals surface area contributed by atoms with E-state index in [1.165, 1.54) is 31.8 Å². The number of hydrogen-bond acceptors (Lipinski definition) is 5. The van der Waals surface area contributed by atoms with E-state index in [1.807, 2.05) is 30.3 Å². The van der Waals surface area contributed by atoms with Gasteiger partial charge in [-0.15, -0.1) is 0 Å². The Morgan fingerprint density at radius 3 is 0.785 bits per heavy atom. The van der Waals surface area contributed by atoms with Crippen LogP contribution in [0, 0.1) is 0 Å². The van der Waals surface area contributed by atoms with Crippen LogP contribution in [0.3, 0.4) is 0 Å². The molecule has 9 aromatic rings. The first-order valence-corrected chi connectivity index (χ1v) is 23.8. The summed E-state index contributed by atoms with van der Waals surface area (Å²) >= 11 is 0. The van der Waals surface area contributed by atoms with Crippen LogP contribution in [0.4, 0.5) is 0 Å². The van der Waals surface area contributed by atoms with Gasteiger partial charge >= 0.3 is 19.5 Å². The smallest absolute Gasteiger partial charge is 0.573 e. The van der Waals surface area contributed by atoms with Crippen LogP contribution in [0.1, 0.15) is 52.9 Å². The molecule has 0 unspecified atom stereocenters. The Hall–Kier alpha value is -5.71. The van der Waals surface area contributed by atoms with Crippen molar-refractivity contribution in [3.05, 3.63) is 224 Å². The molecule has 0 fully saturated rings. The van der Waals surface area contributed by atoms with Gasteiger partial charge in [0.15, 0.2) is 0 Å². The van der Waals surface area contributed by atoms with Crippen LogP contribution >= 0.6 is 15.8 Å². The molecule has 0 amide bonds. The molecule has 0 radical (unpaired) electrons. The Morgan fingerprint density at radius 2 is 0.585 bits per heavy atom. The quantitative estimate of drug-likeness (QED) is 0.0676. The van der Waals surface area contributed by atoms with E-state index in [-0.39, 0.29) is 30.3 Å². The van der Waals surface area contributed by atoms with Crippen LogP contribution in [0.2, 0.25) is 0 Å². The summed E-state index contributed by atoms with van der Waals surface area (Å²) in [7, 11) is -0.892. The number of aromatic nitrogens is 5. The molecule has 330 valence electrons. The largest absolute Gasteiger partial charge is 2.00 e. The van der Waals surface area contributed by atoms with Gasteiger partial charge in [0.2, 0.25) is 0 Å². The maximum Gasteiger partial charge on any atom is 2.00 e. The van der Waals surface area contributed by atoms with Crippen molar-refractivity contribution < 1.29 is 30.0 Å². The van der Waals surface area contributed by atoms with Gasteiger partial charge < -0.3 is 20.4 Å². The molecule has 0 saturated carbocycles. The van der Waals surface area contributed by atoms with Crippen molar-refractivity contribution in [2.24, 2.45) is 0 Å². The topological polar surface area (TPSA) is 107 Å². The summed E-state index contributed by atoms with van der Waals surface area (Å²) in [6.07, 6.45) is 0. The fraction of sp³-hybridized carbons (Fsp3) is 0.145. The first-order chi connectivity index (χ1) is 31.0. The zero-order valence-electron chi connectivity index (χ0n) is 37.6. The van der Waals surface area contributed by atoms with Crippen molar-refractivity contribution in [3.63, 3.8) is 0 Å². The first kappa shape index (κ1) is 50.3. The van der Waals surface area contributed by atoms with Crippen LogP contribution < -0.4 is 42.0 Å². The second-order valence-corrected chi connectivity index (χ2v) is 21.3. The zero-order chi connectivity index (χ0) is 45.4. The summed E-state index contributed by atoms with van der Waals surface area (Å²) in [6.45, 7) is 12.7. The second kappa shape index (κ2) is 24.5. The molecule has 0 atom stereocenters. The molecular weight excluding hydrogens is 926 g/mol. The summed E-state index contributed by atoms with van der Waals surface area (Å²) in [5.74, 6) is 0. The minimum atomic E-state index is -0.446. The van der Waals surface area contributed by atoms with Gasteiger partial charge in [0.1, 0.15) is 0 Å². The maximum absolute atomic E-state index is 6.00. The molecule has 2 N–H and O–H groups in total. The van der Waals surface area contributed by atoms with Crippen molar-refractivity contribution in [2.45, 2.75) is 52.4 Å². The molecule has 0 saturated heterocycles. The summed E-state index contributed by atoms with van der Waals surface area (Å²) in [4.78, 5) is 4.70. The summed E-state index contributed by atoms with van der Waals surface area (Å²) < 4.78 is 0. The standard InChI is InChI=1S/C19H23N5.2C18H15P.H2O2.Ru/c1-18(2,3)16-10-14(21-23-16)12-8-7-9-13(20-12)15-11-17(24-22-15)19(4,5)6;2*1-4-10-16(11-5-1)19(17-12-6-2-7-13-17)18-14-8-3-9-15-18;1-2;/h7-11H,1-6H3;2*1-15H;1-2H;/q-2;;;;+2. The molecule has 0 bridgehead atoms. The molecule has 0 aliphatic heterocycles. The molecule has 10 heteroatoms. The van der Waals surface area contributed by atoms with Gasteiger partial charge in [-0.1, -0.05) is 253 Å². The van der Waals surface area contributed by atoms with Gasteiger partial charge in [0, 0.05) is 22.2 Å². The first-order valence-electron chi connectivity index (χ1n) is 21.1. The fourth-order valence-electron chi connectivity index (χ4n) is 6.65. The molecule has 0 aliphatic carbocycles. The molecule has 0 spiro atoms. The monoisotopic (exact) mass is 981 g/mol. The fourth-order valence-corrected chi connectivity index (χ4v) is 11.3. The predicted molar refractivity (Wildman–Crippen MR) is 270 cm³/mol. The number of nitrogens with zero attached hydrogens (tertiary/aromatic N) is 5. The third-order valence-corrected chi connectivity index (χ3v) is 14.9. The third kappa shape index (κ3) is 14.1. The number of rotatable bonds is 8. The zero-order valence-corrected chi connectivity index (χ0v) is 41.1. The average Bonchev–Trinajstić information content (AvgIpc) is 4.06. The number of benzene rings is 6. The molecule has 7 nitrogen and oxygen atoms in total. The van der Waals surface area contributed by atoms with Gasteiger partial charge in [0.05, 0.1) is 11.4 Å². The van der Waals surface area contributed by atoms with Gasteiger partial charge in [-0.25, -0.2) is 0 Å². The Labute approximate surface area is 399 Å². The van der Waals surface area contributed by atoms with Crippen molar-refractivity contribution in [1.82, 2.24) is 25.4 Å². The van der Waals surface area contributed by atoms with E-state index in [4.69, 9.17) is 15.5 Å². The Balaban J connectivity index is 0.000000180. The van der Waals surface area contributed by atoms with Gasteiger partial charge in [-0.05, 0) is 59.8 Å². The van der Waals surface area contributed by atoms with E-state index < -0.39 is 15.8 Å². The van der Waals surface area contributed by atoms with Crippen LogP contribution in [0.5, 0.6) is 0 Å². The Kier molecular flexibility index (Phi) is 19.0. The van der Waals surface area contributed by atoms with Gasteiger partial charge in [-0.2, -0.15) is 0 Å². The van der Waals surface area contributed by atoms with E-state index in [1.54, 1.807) is 0 Å². The normalized spacial score (nSPS) is 10.9. The molecule has 3 aromatic heterocycles. The maximum atomic E-state index is 6.00. The van der Waals surface area contributed by atoms with E-state index in [2.05, 4.69) is 244 Å². The van der Waals surface area contributed by atoms with Gasteiger partial charge in [-0.3, -0.25) is 15.5 Å². The molecular formula is C55H55N5O2P2Ru. The summed E-state index contributed by atoms with van der Waals surface area (Å²) in [5.41, 5.74) is 5.06. The SMILES string of the molecule is CC(C)(C)c1cc(-c2cccc(-c3cc(C(C)(C)C)n[n-]3)n2)[n-]n1.OO.[Ru+2].c1ccc(P(c2ccccc2)c2ccccc2)cc1.c1ccc(P(c2ccccc2)c2ccccc2)cc1. The van der Waals surface area contributed by atoms with Crippen LogP contribution in [-0.2, 0) is 30.3 Å². The van der Waals surface area contributed by atoms with Crippen LogP contribution in [0.25, 0.3) is 22.8 Å². The number of pyridine rings is 1. The minimum absolute atomic E-state index is 0. The molecule has 6 aromatic carbocycles. The molecule has 3 heterocycles.